The predicted molar refractivity (Wildman–Crippen MR) is 119 cm³/mol. The highest BCUT2D eigenvalue weighted by Crippen LogP contribution is 2.61. The zero-order valence-corrected chi connectivity index (χ0v) is 18.3. The van der Waals surface area contributed by atoms with Crippen LogP contribution in [-0.4, -0.2) is 40.1 Å². The maximum atomic E-state index is 13.9. The van der Waals surface area contributed by atoms with Gasteiger partial charge >= 0.3 is 0 Å². The lowest BCUT2D eigenvalue weighted by atomic mass is 9.75. The Morgan fingerprint density at radius 1 is 1.15 bits per heavy atom. The molecule has 3 fully saturated rings. The summed E-state index contributed by atoms with van der Waals surface area (Å²) in [6.07, 6.45) is 1.53. The molecule has 168 valence electrons. The molecule has 4 atom stereocenters. The number of nitrogens with one attached hydrogen (secondary N) is 1. The van der Waals surface area contributed by atoms with Crippen molar-refractivity contribution in [3.8, 4) is 0 Å². The fourth-order valence-electron chi connectivity index (χ4n) is 6.35. The zero-order chi connectivity index (χ0) is 23.2. The Morgan fingerprint density at radius 2 is 1.94 bits per heavy atom. The average molecular weight is 467 g/mol. The first-order valence-corrected chi connectivity index (χ1v) is 11.2. The summed E-state index contributed by atoms with van der Waals surface area (Å²) < 4.78 is 0. The number of nitrogens with zero attached hydrogens (tertiary/aromatic N) is 3. The van der Waals surface area contributed by atoms with Crippen LogP contribution in [0.5, 0.6) is 0 Å². The van der Waals surface area contributed by atoms with E-state index < -0.39 is 34.1 Å². The molecule has 33 heavy (non-hydrogen) atoms. The first-order valence-electron chi connectivity index (χ1n) is 10.8. The van der Waals surface area contributed by atoms with E-state index in [9.17, 15) is 24.5 Å². The van der Waals surface area contributed by atoms with Crippen molar-refractivity contribution in [1.29, 1.82) is 0 Å². The van der Waals surface area contributed by atoms with Crippen LogP contribution in [0.1, 0.15) is 24.0 Å². The molecule has 0 unspecified atom stereocenters. The summed E-state index contributed by atoms with van der Waals surface area (Å²) in [6, 6.07) is 9.08. The fourth-order valence-corrected chi connectivity index (χ4v) is 6.60. The Hall–Kier alpha value is -3.30. The lowest BCUT2D eigenvalue weighted by Gasteiger charge is -2.36. The van der Waals surface area contributed by atoms with Crippen LogP contribution in [0.3, 0.4) is 0 Å². The van der Waals surface area contributed by atoms with Crippen molar-refractivity contribution in [1.82, 2.24) is 4.90 Å². The van der Waals surface area contributed by atoms with Gasteiger partial charge in [-0.25, -0.2) is 4.90 Å². The van der Waals surface area contributed by atoms with Gasteiger partial charge in [-0.05, 0) is 38.4 Å². The molecular formula is C23H19ClN4O5. The molecule has 1 spiro atoms. The summed E-state index contributed by atoms with van der Waals surface area (Å²) in [5.41, 5.74) is 0.946. The number of carbonyl (C=O) groups is 3. The number of imide groups is 1. The molecule has 0 aliphatic carbocycles. The first kappa shape index (κ1) is 20.3. The Bertz CT molecular complexity index is 1300. The third-order valence-corrected chi connectivity index (χ3v) is 7.83. The standard InChI is InChI=1S/C23H19ClN4O5/c1-11-4-6-15-13(9-11)23(22(31)25-15)19-18(17-3-2-8-26(17)23)20(29)27(21(19)30)16-7-5-12(28(32)33)10-14(16)24/h4-7,9-10,17-19H,2-3,8H2,1H3,(H,25,31)/t17-,18-,19-,23+/m1/s1. The quantitative estimate of drug-likeness (QED) is 0.413. The Balaban J connectivity index is 1.53. The lowest BCUT2D eigenvalue weighted by Crippen LogP contribution is -2.54. The van der Waals surface area contributed by atoms with E-state index in [2.05, 4.69) is 5.32 Å². The number of anilines is 2. The number of halogens is 1. The normalized spacial score (nSPS) is 30.1. The number of non-ortho nitro benzene ring substituents is 1. The molecule has 10 heteroatoms. The fraction of sp³-hybridized carbons (Fsp3) is 0.348. The minimum atomic E-state index is -1.26. The van der Waals surface area contributed by atoms with E-state index in [0.717, 1.165) is 28.5 Å². The van der Waals surface area contributed by atoms with E-state index in [4.69, 9.17) is 11.6 Å². The number of fused-ring (bicyclic) bond motifs is 7. The predicted octanol–water partition coefficient (Wildman–Crippen LogP) is 2.99. The van der Waals surface area contributed by atoms with Gasteiger partial charge in [-0.2, -0.15) is 0 Å². The van der Waals surface area contributed by atoms with E-state index in [1.165, 1.54) is 12.1 Å². The molecule has 0 aromatic heterocycles. The van der Waals surface area contributed by atoms with Gasteiger partial charge in [0.2, 0.25) is 17.7 Å². The average Bonchev–Trinajstić information content (AvgIpc) is 3.47. The highest BCUT2D eigenvalue weighted by Gasteiger charge is 2.74. The van der Waals surface area contributed by atoms with Crippen molar-refractivity contribution in [2.45, 2.75) is 31.3 Å². The monoisotopic (exact) mass is 466 g/mol. The lowest BCUT2D eigenvalue weighted by molar-refractivity contribution is -0.384. The highest BCUT2D eigenvalue weighted by molar-refractivity contribution is 6.36. The maximum Gasteiger partial charge on any atom is 0.271 e. The van der Waals surface area contributed by atoms with Crippen LogP contribution in [0.15, 0.2) is 36.4 Å². The van der Waals surface area contributed by atoms with Crippen LogP contribution in [-0.2, 0) is 19.9 Å². The smallest absolute Gasteiger partial charge is 0.271 e. The van der Waals surface area contributed by atoms with E-state index in [0.29, 0.717) is 18.7 Å². The molecular weight excluding hydrogens is 448 g/mol. The number of nitro benzene ring substituents is 1. The van der Waals surface area contributed by atoms with Gasteiger partial charge in [0.1, 0.15) is 5.54 Å². The van der Waals surface area contributed by atoms with Crippen LogP contribution >= 0.6 is 11.6 Å². The second-order valence-corrected chi connectivity index (χ2v) is 9.49. The summed E-state index contributed by atoms with van der Waals surface area (Å²) in [4.78, 5) is 54.8. The van der Waals surface area contributed by atoms with Gasteiger partial charge < -0.3 is 5.32 Å². The first-order chi connectivity index (χ1) is 15.8. The second-order valence-electron chi connectivity index (χ2n) is 9.08. The van der Waals surface area contributed by atoms with Crippen molar-refractivity contribution in [2.24, 2.45) is 11.8 Å². The van der Waals surface area contributed by atoms with Gasteiger partial charge in [-0.15, -0.1) is 0 Å². The number of aryl methyl sites for hydroxylation is 1. The molecule has 0 bridgehead atoms. The minimum Gasteiger partial charge on any atom is -0.324 e. The molecule has 3 saturated heterocycles. The SMILES string of the molecule is Cc1ccc2c(c1)[C@@]1(C(=O)N2)[C@H]2C(=O)N(c3ccc([N+](=O)[O-])cc3Cl)C(=O)[C@@H]2[C@H]2CCCN21. The van der Waals surface area contributed by atoms with Gasteiger partial charge in [0, 0.05) is 29.4 Å². The number of hydrogen-bond acceptors (Lipinski definition) is 6. The minimum absolute atomic E-state index is 0.0599. The van der Waals surface area contributed by atoms with E-state index in [1.54, 1.807) is 0 Å². The van der Waals surface area contributed by atoms with Gasteiger partial charge in [-0.3, -0.25) is 29.4 Å². The highest BCUT2D eigenvalue weighted by atomic mass is 35.5. The third-order valence-electron chi connectivity index (χ3n) is 7.53. The molecule has 4 heterocycles. The number of amides is 3. The van der Waals surface area contributed by atoms with E-state index in [1.807, 2.05) is 30.0 Å². The van der Waals surface area contributed by atoms with Crippen molar-refractivity contribution in [3.63, 3.8) is 0 Å². The molecule has 6 rings (SSSR count). The van der Waals surface area contributed by atoms with Crippen LogP contribution < -0.4 is 10.2 Å². The van der Waals surface area contributed by atoms with Crippen molar-refractivity contribution in [2.75, 3.05) is 16.8 Å². The number of benzene rings is 2. The van der Waals surface area contributed by atoms with Crippen LogP contribution in [0.2, 0.25) is 5.02 Å². The van der Waals surface area contributed by atoms with Gasteiger partial charge in [0.15, 0.2) is 0 Å². The van der Waals surface area contributed by atoms with E-state index >= 15 is 0 Å². The summed E-state index contributed by atoms with van der Waals surface area (Å²) >= 11 is 6.29. The summed E-state index contributed by atoms with van der Waals surface area (Å²) in [6.45, 7) is 2.55. The van der Waals surface area contributed by atoms with Gasteiger partial charge in [0.25, 0.3) is 5.69 Å². The molecule has 0 saturated carbocycles. The molecule has 0 radical (unpaired) electrons. The third kappa shape index (κ3) is 2.38. The number of hydrogen-bond donors (Lipinski definition) is 1. The van der Waals surface area contributed by atoms with Crippen LogP contribution in [0.4, 0.5) is 17.1 Å². The van der Waals surface area contributed by atoms with Gasteiger partial charge in [0.05, 0.1) is 27.5 Å². The number of carbonyl (C=O) groups excluding carboxylic acids is 3. The molecule has 2 aromatic rings. The number of rotatable bonds is 2. The topological polar surface area (TPSA) is 113 Å². The van der Waals surface area contributed by atoms with Crippen molar-refractivity contribution in [3.05, 3.63) is 62.7 Å². The molecule has 9 nitrogen and oxygen atoms in total. The van der Waals surface area contributed by atoms with Crippen molar-refractivity contribution < 1.29 is 19.3 Å². The Labute approximate surface area is 193 Å². The maximum absolute atomic E-state index is 13.9. The molecule has 2 aromatic carbocycles. The largest absolute Gasteiger partial charge is 0.324 e. The summed E-state index contributed by atoms with van der Waals surface area (Å²) in [7, 11) is 0. The number of nitro groups is 1. The second kappa shape index (κ2) is 6.61. The molecule has 1 N–H and O–H groups in total. The zero-order valence-electron chi connectivity index (χ0n) is 17.6. The van der Waals surface area contributed by atoms with Crippen LogP contribution in [0.25, 0.3) is 0 Å². The summed E-state index contributed by atoms with van der Waals surface area (Å²) in [5, 5.41) is 14.0. The summed E-state index contributed by atoms with van der Waals surface area (Å²) in [5.74, 6) is -2.79. The molecule has 4 aliphatic rings. The van der Waals surface area contributed by atoms with Crippen LogP contribution in [0, 0.1) is 28.9 Å². The van der Waals surface area contributed by atoms with Gasteiger partial charge in [-0.1, -0.05) is 29.3 Å². The molecule has 3 amide bonds. The Kier molecular flexibility index (Phi) is 4.07. The Morgan fingerprint density at radius 3 is 2.67 bits per heavy atom. The van der Waals surface area contributed by atoms with Crippen molar-refractivity contribution >= 4 is 46.4 Å². The van der Waals surface area contributed by atoms with E-state index in [-0.39, 0.29) is 28.3 Å². The molecule has 4 aliphatic heterocycles.